The van der Waals surface area contributed by atoms with Gasteiger partial charge in [0.1, 0.15) is 12.6 Å². The maximum Gasteiger partial charge on any atom is 0.338 e. The Hall–Kier alpha value is -2.63. The number of esters is 2. The SMILES string of the molecule is Cc1cc(C)n(C2CC(=O)OC2COC(=O)c2ccccc2)n1. The topological polar surface area (TPSA) is 70.4 Å². The highest BCUT2D eigenvalue weighted by atomic mass is 16.6. The Bertz CT molecular complexity index is 723. The van der Waals surface area contributed by atoms with Crippen LogP contribution in [0.5, 0.6) is 0 Å². The predicted molar refractivity (Wildman–Crippen MR) is 82.0 cm³/mol. The zero-order valence-electron chi connectivity index (χ0n) is 13.1. The molecule has 1 saturated heterocycles. The normalized spacial score (nSPS) is 20.3. The van der Waals surface area contributed by atoms with Crippen LogP contribution in [0.4, 0.5) is 0 Å². The zero-order chi connectivity index (χ0) is 16.4. The number of rotatable bonds is 4. The summed E-state index contributed by atoms with van der Waals surface area (Å²) in [5, 5.41) is 4.41. The molecule has 0 saturated carbocycles. The van der Waals surface area contributed by atoms with Crippen molar-refractivity contribution in [1.29, 1.82) is 0 Å². The van der Waals surface area contributed by atoms with Gasteiger partial charge in [-0.05, 0) is 32.0 Å². The number of hydrogen-bond donors (Lipinski definition) is 0. The molecular weight excluding hydrogens is 296 g/mol. The van der Waals surface area contributed by atoms with Gasteiger partial charge in [0, 0.05) is 5.69 Å². The minimum atomic E-state index is -0.520. The molecule has 0 bridgehead atoms. The summed E-state index contributed by atoms with van der Waals surface area (Å²) in [7, 11) is 0. The maximum absolute atomic E-state index is 12.0. The Kier molecular flexibility index (Phi) is 4.14. The lowest BCUT2D eigenvalue weighted by atomic mass is 10.1. The molecular formula is C17H18N2O4. The van der Waals surface area contributed by atoms with Crippen molar-refractivity contribution in [3.8, 4) is 0 Å². The van der Waals surface area contributed by atoms with Crippen molar-refractivity contribution in [1.82, 2.24) is 9.78 Å². The quantitative estimate of drug-likeness (QED) is 0.809. The first-order valence-electron chi connectivity index (χ1n) is 7.49. The number of aromatic nitrogens is 2. The first-order valence-corrected chi connectivity index (χ1v) is 7.49. The number of hydrogen-bond acceptors (Lipinski definition) is 5. The molecule has 0 radical (unpaired) electrons. The van der Waals surface area contributed by atoms with Gasteiger partial charge in [-0.3, -0.25) is 9.48 Å². The lowest BCUT2D eigenvalue weighted by Gasteiger charge is -2.19. The first-order chi connectivity index (χ1) is 11.0. The average Bonchev–Trinajstić information content (AvgIpc) is 3.07. The smallest absolute Gasteiger partial charge is 0.338 e. The van der Waals surface area contributed by atoms with Crippen molar-refractivity contribution >= 4 is 11.9 Å². The molecule has 0 amide bonds. The number of nitrogens with zero attached hydrogens (tertiary/aromatic N) is 2. The Morgan fingerprint density at radius 3 is 2.74 bits per heavy atom. The molecule has 6 heteroatoms. The van der Waals surface area contributed by atoms with Gasteiger partial charge in [0.05, 0.1) is 17.7 Å². The van der Waals surface area contributed by atoms with Gasteiger partial charge in [0.25, 0.3) is 0 Å². The minimum Gasteiger partial charge on any atom is -0.458 e. The van der Waals surface area contributed by atoms with Crippen LogP contribution in [0.1, 0.15) is 34.2 Å². The van der Waals surface area contributed by atoms with Crippen LogP contribution in [0.2, 0.25) is 0 Å². The van der Waals surface area contributed by atoms with Gasteiger partial charge >= 0.3 is 11.9 Å². The van der Waals surface area contributed by atoms with Gasteiger partial charge in [-0.25, -0.2) is 4.79 Å². The van der Waals surface area contributed by atoms with Crippen LogP contribution in [0.3, 0.4) is 0 Å². The molecule has 1 aliphatic heterocycles. The molecule has 3 rings (SSSR count). The van der Waals surface area contributed by atoms with E-state index in [-0.39, 0.29) is 25.0 Å². The molecule has 1 aliphatic rings. The van der Waals surface area contributed by atoms with E-state index in [1.54, 1.807) is 28.9 Å². The second-order valence-electron chi connectivity index (χ2n) is 5.64. The van der Waals surface area contributed by atoms with E-state index in [1.165, 1.54) is 0 Å². The fraction of sp³-hybridized carbons (Fsp3) is 0.353. The standard InChI is InChI=1S/C17H18N2O4/c1-11-8-12(2)19(18-11)14-9-16(20)23-15(14)10-22-17(21)13-6-4-3-5-7-13/h3-8,14-15H,9-10H2,1-2H3. The van der Waals surface area contributed by atoms with E-state index < -0.39 is 12.1 Å². The van der Waals surface area contributed by atoms with Gasteiger partial charge in [-0.15, -0.1) is 0 Å². The minimum absolute atomic E-state index is 0.0164. The van der Waals surface area contributed by atoms with Crippen molar-refractivity contribution in [3.63, 3.8) is 0 Å². The van der Waals surface area contributed by atoms with Crippen molar-refractivity contribution in [2.24, 2.45) is 0 Å². The molecule has 2 aromatic rings. The molecule has 0 aliphatic carbocycles. The molecule has 2 heterocycles. The van der Waals surface area contributed by atoms with E-state index in [2.05, 4.69) is 5.10 Å². The lowest BCUT2D eigenvalue weighted by Crippen LogP contribution is -2.28. The van der Waals surface area contributed by atoms with Crippen LogP contribution >= 0.6 is 0 Å². The Morgan fingerprint density at radius 2 is 2.09 bits per heavy atom. The van der Waals surface area contributed by atoms with Gasteiger partial charge in [-0.2, -0.15) is 5.10 Å². The third-order valence-electron chi connectivity index (χ3n) is 3.83. The van der Waals surface area contributed by atoms with Crippen LogP contribution in [0, 0.1) is 13.8 Å². The fourth-order valence-corrected chi connectivity index (χ4v) is 2.78. The van der Waals surface area contributed by atoms with Crippen molar-refractivity contribution < 1.29 is 19.1 Å². The van der Waals surface area contributed by atoms with E-state index in [4.69, 9.17) is 9.47 Å². The van der Waals surface area contributed by atoms with E-state index in [0.29, 0.717) is 5.56 Å². The summed E-state index contributed by atoms with van der Waals surface area (Å²) in [4.78, 5) is 23.7. The Morgan fingerprint density at radius 1 is 1.35 bits per heavy atom. The highest BCUT2D eigenvalue weighted by Gasteiger charge is 2.38. The molecule has 6 nitrogen and oxygen atoms in total. The summed E-state index contributed by atoms with van der Waals surface area (Å²) >= 11 is 0. The largest absolute Gasteiger partial charge is 0.458 e. The van der Waals surface area contributed by atoms with E-state index in [0.717, 1.165) is 11.4 Å². The summed E-state index contributed by atoms with van der Waals surface area (Å²) in [6, 6.07) is 10.4. The zero-order valence-corrected chi connectivity index (χ0v) is 13.1. The van der Waals surface area contributed by atoms with Crippen LogP contribution in [-0.2, 0) is 14.3 Å². The number of cyclic esters (lactones) is 1. The first kappa shape index (κ1) is 15.3. The molecule has 120 valence electrons. The molecule has 23 heavy (non-hydrogen) atoms. The maximum atomic E-state index is 12.0. The Labute approximate surface area is 134 Å². The number of benzene rings is 1. The van der Waals surface area contributed by atoms with Gasteiger partial charge in [0.15, 0.2) is 6.10 Å². The van der Waals surface area contributed by atoms with Crippen LogP contribution < -0.4 is 0 Å². The summed E-state index contributed by atoms with van der Waals surface area (Å²) in [6.45, 7) is 3.84. The van der Waals surface area contributed by atoms with Gasteiger partial charge < -0.3 is 9.47 Å². The fourth-order valence-electron chi connectivity index (χ4n) is 2.78. The number of carbonyl (C=O) groups excluding carboxylic acids is 2. The van der Waals surface area contributed by atoms with Gasteiger partial charge in [-0.1, -0.05) is 18.2 Å². The molecule has 0 spiro atoms. The summed E-state index contributed by atoms with van der Waals surface area (Å²) in [5.74, 6) is -0.732. The van der Waals surface area contributed by atoms with Crippen molar-refractivity contribution in [2.45, 2.75) is 32.4 Å². The molecule has 0 N–H and O–H groups in total. The van der Waals surface area contributed by atoms with E-state index >= 15 is 0 Å². The number of aryl methyl sites for hydroxylation is 2. The molecule has 1 aromatic carbocycles. The highest BCUT2D eigenvalue weighted by molar-refractivity contribution is 5.89. The predicted octanol–water partition coefficient (Wildman–Crippen LogP) is 2.21. The Balaban J connectivity index is 1.70. The second-order valence-corrected chi connectivity index (χ2v) is 5.64. The monoisotopic (exact) mass is 314 g/mol. The van der Waals surface area contributed by atoms with Crippen LogP contribution in [0.15, 0.2) is 36.4 Å². The van der Waals surface area contributed by atoms with Crippen LogP contribution in [0.25, 0.3) is 0 Å². The third kappa shape index (κ3) is 3.26. The number of ether oxygens (including phenoxy) is 2. The van der Waals surface area contributed by atoms with Crippen molar-refractivity contribution in [2.75, 3.05) is 6.61 Å². The highest BCUT2D eigenvalue weighted by Crippen LogP contribution is 2.28. The van der Waals surface area contributed by atoms with Crippen LogP contribution in [-0.4, -0.2) is 34.4 Å². The third-order valence-corrected chi connectivity index (χ3v) is 3.83. The molecule has 2 unspecified atom stereocenters. The average molecular weight is 314 g/mol. The summed E-state index contributed by atoms with van der Waals surface area (Å²) in [5.41, 5.74) is 2.30. The summed E-state index contributed by atoms with van der Waals surface area (Å²) in [6.07, 6.45) is -0.289. The van der Waals surface area contributed by atoms with E-state index in [1.807, 2.05) is 26.0 Å². The van der Waals surface area contributed by atoms with E-state index in [9.17, 15) is 9.59 Å². The second kappa shape index (κ2) is 6.24. The summed E-state index contributed by atoms with van der Waals surface area (Å²) < 4.78 is 12.4. The molecule has 2 atom stereocenters. The lowest BCUT2D eigenvalue weighted by molar-refractivity contribution is -0.143. The molecule has 1 aromatic heterocycles. The van der Waals surface area contributed by atoms with Crippen molar-refractivity contribution in [3.05, 3.63) is 53.3 Å². The van der Waals surface area contributed by atoms with Gasteiger partial charge in [0.2, 0.25) is 0 Å². The molecule has 1 fully saturated rings. The number of carbonyl (C=O) groups is 2.